The summed E-state index contributed by atoms with van der Waals surface area (Å²) in [5.41, 5.74) is 18.4. The van der Waals surface area contributed by atoms with Crippen LogP contribution in [-0.2, 0) is 39.4 Å². The van der Waals surface area contributed by atoms with E-state index in [-0.39, 0.29) is 32.7 Å². The summed E-state index contributed by atoms with van der Waals surface area (Å²) in [5.74, 6) is -0.528. The number of carbonyl (C=O) groups excluding carboxylic acids is 2. The molecule has 0 unspecified atom stereocenters. The first-order valence-electron chi connectivity index (χ1n) is 10.5. The summed E-state index contributed by atoms with van der Waals surface area (Å²) in [5, 5.41) is 0.755. The van der Waals surface area contributed by atoms with E-state index < -0.39 is 28.3 Å². The average Bonchev–Trinajstić information content (AvgIpc) is 3.14. The van der Waals surface area contributed by atoms with Gasteiger partial charge >= 0.3 is 16.3 Å². The van der Waals surface area contributed by atoms with E-state index in [4.69, 9.17) is 21.9 Å². The van der Waals surface area contributed by atoms with Crippen molar-refractivity contribution < 1.29 is 22.7 Å². The number of para-hydroxylation sites is 1. The molecule has 0 radical (unpaired) electrons. The number of benzene rings is 2. The van der Waals surface area contributed by atoms with Crippen molar-refractivity contribution in [3.05, 3.63) is 71.9 Å². The van der Waals surface area contributed by atoms with Crippen molar-refractivity contribution in [3.63, 3.8) is 0 Å². The van der Waals surface area contributed by atoms with Crippen LogP contribution in [0.4, 0.5) is 4.79 Å². The molecule has 11 nitrogen and oxygen atoms in total. The van der Waals surface area contributed by atoms with Crippen molar-refractivity contribution >= 4 is 33.1 Å². The molecule has 12 heteroatoms. The molecule has 1 heterocycles. The standard InChI is InChI=1S/C22H28N6O5S/c23-10-18(11-24)33-22(30)26-34(31,32)28(12-16-6-2-1-3-7-16)14-17-13-27(15-21(25)29)20-9-5-4-8-19(17)20/h1-9,13,18H,10-12,14-15,23-24H2,(H2,25,29)(H,26,30). The van der Waals surface area contributed by atoms with Crippen molar-refractivity contribution in [2.75, 3.05) is 13.1 Å². The first kappa shape index (κ1) is 25.2. The van der Waals surface area contributed by atoms with Gasteiger partial charge in [-0.15, -0.1) is 0 Å². The zero-order valence-electron chi connectivity index (χ0n) is 18.5. The predicted octanol–water partition coefficient (Wildman–Crippen LogP) is 0.386. The summed E-state index contributed by atoms with van der Waals surface area (Å²) in [6.45, 7) is -0.249. The smallest absolute Gasteiger partial charge is 0.422 e. The van der Waals surface area contributed by atoms with Gasteiger partial charge in [-0.1, -0.05) is 48.5 Å². The van der Waals surface area contributed by atoms with Crippen LogP contribution < -0.4 is 21.9 Å². The number of carbonyl (C=O) groups is 2. The van der Waals surface area contributed by atoms with Crippen LogP contribution in [0.15, 0.2) is 60.8 Å². The lowest BCUT2D eigenvalue weighted by Gasteiger charge is -2.23. The molecule has 182 valence electrons. The fraction of sp³-hybridized carbons (Fsp3) is 0.273. The minimum absolute atomic E-state index is 0.0179. The number of primary amides is 1. The summed E-state index contributed by atoms with van der Waals surface area (Å²) >= 11 is 0. The van der Waals surface area contributed by atoms with Gasteiger partial charge < -0.3 is 26.5 Å². The van der Waals surface area contributed by atoms with Gasteiger partial charge in [-0.25, -0.2) is 9.52 Å². The predicted molar refractivity (Wildman–Crippen MR) is 127 cm³/mol. The van der Waals surface area contributed by atoms with Crippen LogP contribution in [0.1, 0.15) is 11.1 Å². The molecule has 3 aromatic rings. The quantitative estimate of drug-likeness (QED) is 0.302. The maximum Gasteiger partial charge on any atom is 0.422 e. The Kier molecular flexibility index (Phi) is 8.23. The largest absolute Gasteiger partial charge is 0.443 e. The number of nitrogens with two attached hydrogens (primary N) is 3. The molecule has 0 aliphatic carbocycles. The molecule has 0 aliphatic rings. The van der Waals surface area contributed by atoms with Crippen molar-refractivity contribution in [1.29, 1.82) is 0 Å². The van der Waals surface area contributed by atoms with Crippen LogP contribution in [0.3, 0.4) is 0 Å². The Labute approximate surface area is 197 Å². The van der Waals surface area contributed by atoms with Gasteiger partial charge in [0.1, 0.15) is 12.6 Å². The average molecular weight is 489 g/mol. The van der Waals surface area contributed by atoms with Gasteiger partial charge in [0.15, 0.2) is 0 Å². The molecule has 1 aromatic heterocycles. The second-order valence-corrected chi connectivity index (χ2v) is 9.30. The van der Waals surface area contributed by atoms with E-state index in [1.165, 1.54) is 0 Å². The van der Waals surface area contributed by atoms with Crippen LogP contribution in [0.25, 0.3) is 10.9 Å². The van der Waals surface area contributed by atoms with Crippen molar-refractivity contribution in [1.82, 2.24) is 13.6 Å². The Bertz CT molecular complexity index is 1240. The van der Waals surface area contributed by atoms with Gasteiger partial charge in [-0.3, -0.25) is 4.79 Å². The zero-order valence-corrected chi connectivity index (χ0v) is 19.3. The molecular weight excluding hydrogens is 460 g/mol. The molecule has 0 bridgehead atoms. The summed E-state index contributed by atoms with van der Waals surface area (Å²) in [6, 6.07) is 16.2. The minimum atomic E-state index is -4.34. The molecule has 0 saturated carbocycles. The Balaban J connectivity index is 1.94. The third kappa shape index (κ3) is 6.32. The van der Waals surface area contributed by atoms with Crippen LogP contribution >= 0.6 is 0 Å². The van der Waals surface area contributed by atoms with Crippen molar-refractivity contribution in [2.45, 2.75) is 25.7 Å². The van der Waals surface area contributed by atoms with Gasteiger partial charge in [-0.05, 0) is 17.2 Å². The molecule has 0 aliphatic heterocycles. The number of nitrogens with one attached hydrogen (secondary N) is 1. The molecule has 7 N–H and O–H groups in total. The molecule has 2 amide bonds. The fourth-order valence-electron chi connectivity index (χ4n) is 3.49. The Hall–Kier alpha value is -3.45. The summed E-state index contributed by atoms with van der Waals surface area (Å²) in [7, 11) is -4.34. The maximum atomic E-state index is 13.2. The summed E-state index contributed by atoms with van der Waals surface area (Å²) in [6.07, 6.45) is -0.306. The topological polar surface area (TPSA) is 176 Å². The van der Waals surface area contributed by atoms with E-state index in [1.54, 1.807) is 35.0 Å². The number of nitrogens with zero attached hydrogens (tertiary/aromatic N) is 2. The molecule has 0 atom stereocenters. The molecule has 0 saturated heterocycles. The van der Waals surface area contributed by atoms with E-state index in [0.717, 1.165) is 15.2 Å². The second kappa shape index (κ2) is 11.1. The van der Waals surface area contributed by atoms with Gasteiger partial charge in [0.2, 0.25) is 5.91 Å². The first-order chi connectivity index (χ1) is 16.2. The monoisotopic (exact) mass is 488 g/mol. The molecule has 2 aromatic carbocycles. The summed E-state index contributed by atoms with van der Waals surface area (Å²) in [4.78, 5) is 23.7. The number of aromatic nitrogens is 1. The number of ether oxygens (including phenoxy) is 1. The van der Waals surface area contributed by atoms with Gasteiger partial charge in [0.25, 0.3) is 0 Å². The minimum Gasteiger partial charge on any atom is -0.443 e. The highest BCUT2D eigenvalue weighted by Crippen LogP contribution is 2.24. The Morgan fingerprint density at radius 2 is 1.65 bits per heavy atom. The van der Waals surface area contributed by atoms with Gasteiger partial charge in [0.05, 0.1) is 0 Å². The number of hydrogen-bond donors (Lipinski definition) is 4. The summed E-state index contributed by atoms with van der Waals surface area (Å²) < 4.78 is 36.1. The first-order valence-corrected chi connectivity index (χ1v) is 11.9. The highest BCUT2D eigenvalue weighted by molar-refractivity contribution is 7.87. The van der Waals surface area contributed by atoms with E-state index in [9.17, 15) is 18.0 Å². The highest BCUT2D eigenvalue weighted by Gasteiger charge is 2.28. The highest BCUT2D eigenvalue weighted by atomic mass is 32.2. The van der Waals surface area contributed by atoms with E-state index >= 15 is 0 Å². The van der Waals surface area contributed by atoms with Crippen LogP contribution in [0, 0.1) is 0 Å². The van der Waals surface area contributed by atoms with Crippen LogP contribution in [0.2, 0.25) is 0 Å². The van der Waals surface area contributed by atoms with E-state index in [0.29, 0.717) is 11.1 Å². The Morgan fingerprint density at radius 3 is 2.29 bits per heavy atom. The second-order valence-electron chi connectivity index (χ2n) is 7.63. The normalized spacial score (nSPS) is 11.8. The third-order valence-corrected chi connectivity index (χ3v) is 6.46. The number of hydrogen-bond acceptors (Lipinski definition) is 7. The number of fused-ring (bicyclic) bond motifs is 1. The molecule has 0 fully saturated rings. The van der Waals surface area contributed by atoms with E-state index in [2.05, 4.69) is 0 Å². The Morgan fingerprint density at radius 1 is 1.00 bits per heavy atom. The lowest BCUT2D eigenvalue weighted by molar-refractivity contribution is -0.118. The lowest BCUT2D eigenvalue weighted by atomic mass is 10.1. The molecular formula is C22H28N6O5S. The van der Waals surface area contributed by atoms with Gasteiger partial charge in [0, 0.05) is 43.3 Å². The van der Waals surface area contributed by atoms with E-state index in [1.807, 2.05) is 35.1 Å². The lowest BCUT2D eigenvalue weighted by Crippen LogP contribution is -2.45. The fourth-order valence-corrected chi connectivity index (χ4v) is 4.50. The zero-order chi connectivity index (χ0) is 24.7. The van der Waals surface area contributed by atoms with Crippen molar-refractivity contribution in [2.24, 2.45) is 17.2 Å². The maximum absolute atomic E-state index is 13.2. The van der Waals surface area contributed by atoms with Crippen LogP contribution in [-0.4, -0.2) is 48.5 Å². The molecule has 34 heavy (non-hydrogen) atoms. The number of amides is 2. The van der Waals surface area contributed by atoms with Gasteiger partial charge in [-0.2, -0.15) is 12.7 Å². The molecule has 0 spiro atoms. The van der Waals surface area contributed by atoms with Crippen molar-refractivity contribution in [3.8, 4) is 0 Å². The number of rotatable bonds is 11. The SMILES string of the molecule is NCC(CN)OC(=O)NS(=O)(=O)N(Cc1ccccc1)Cc1cn(CC(N)=O)c2ccccc12. The molecule has 3 rings (SSSR count). The van der Waals surface area contributed by atoms with Crippen LogP contribution in [0.5, 0.6) is 0 Å². The third-order valence-electron chi connectivity index (χ3n) is 5.10.